The van der Waals surface area contributed by atoms with E-state index in [9.17, 15) is 4.79 Å². The number of rotatable bonds is 5. The summed E-state index contributed by atoms with van der Waals surface area (Å²) in [4.78, 5) is 11.8. The molecule has 1 amide bonds. The molecule has 6 heteroatoms. The topological polar surface area (TPSA) is 64.3 Å². The van der Waals surface area contributed by atoms with E-state index in [-0.39, 0.29) is 12.5 Å². The van der Waals surface area contributed by atoms with Gasteiger partial charge in [0.1, 0.15) is 5.75 Å². The lowest BCUT2D eigenvalue weighted by Gasteiger charge is -2.10. The van der Waals surface area contributed by atoms with E-state index in [1.54, 1.807) is 30.3 Å². The molecule has 0 saturated heterocycles. The molecule has 4 nitrogen and oxygen atoms in total. The van der Waals surface area contributed by atoms with E-state index >= 15 is 0 Å². The van der Waals surface area contributed by atoms with Crippen molar-refractivity contribution in [1.29, 1.82) is 0 Å². The molecular weight excluding hydrogens is 356 g/mol. The van der Waals surface area contributed by atoms with Gasteiger partial charge in [-0.15, -0.1) is 0 Å². The minimum Gasteiger partial charge on any atom is -0.483 e. The van der Waals surface area contributed by atoms with Gasteiger partial charge in [0.15, 0.2) is 6.61 Å². The summed E-state index contributed by atoms with van der Waals surface area (Å²) in [6.45, 7) is 0.362. The minimum absolute atomic E-state index is 0.0902. The molecule has 0 saturated carbocycles. The van der Waals surface area contributed by atoms with Crippen molar-refractivity contribution in [3.05, 3.63) is 57.5 Å². The molecule has 2 rings (SSSR count). The van der Waals surface area contributed by atoms with Crippen LogP contribution in [-0.2, 0) is 11.3 Å². The number of carbonyl (C=O) groups excluding carboxylic acids is 1. The second-order valence-corrected chi connectivity index (χ2v) is 5.61. The Kier molecular flexibility index (Phi) is 5.61. The molecule has 0 fully saturated rings. The van der Waals surface area contributed by atoms with Gasteiger partial charge in [0.2, 0.25) is 0 Å². The number of ether oxygens (including phenoxy) is 1. The zero-order valence-corrected chi connectivity index (χ0v) is 13.4. The van der Waals surface area contributed by atoms with Crippen molar-refractivity contribution in [1.82, 2.24) is 0 Å². The first-order valence-electron chi connectivity index (χ1n) is 6.25. The Labute approximate surface area is 136 Å². The van der Waals surface area contributed by atoms with E-state index in [0.29, 0.717) is 23.0 Å². The molecule has 0 spiro atoms. The number of benzene rings is 2. The van der Waals surface area contributed by atoms with Crippen molar-refractivity contribution in [2.75, 3.05) is 11.9 Å². The summed E-state index contributed by atoms with van der Waals surface area (Å²) in [7, 11) is 0. The number of anilines is 1. The molecule has 0 aliphatic heterocycles. The number of amides is 1. The van der Waals surface area contributed by atoms with Gasteiger partial charge >= 0.3 is 0 Å². The van der Waals surface area contributed by atoms with E-state index in [2.05, 4.69) is 21.2 Å². The summed E-state index contributed by atoms with van der Waals surface area (Å²) in [5, 5.41) is 3.28. The Morgan fingerprint density at radius 3 is 2.76 bits per heavy atom. The van der Waals surface area contributed by atoms with Crippen molar-refractivity contribution in [2.45, 2.75) is 6.54 Å². The minimum atomic E-state index is -0.257. The Balaban J connectivity index is 1.92. The summed E-state index contributed by atoms with van der Waals surface area (Å²) in [6.07, 6.45) is 0. The maximum Gasteiger partial charge on any atom is 0.262 e. The van der Waals surface area contributed by atoms with Crippen molar-refractivity contribution in [2.24, 2.45) is 5.73 Å². The largest absolute Gasteiger partial charge is 0.483 e. The van der Waals surface area contributed by atoms with E-state index in [1.165, 1.54) is 0 Å². The number of carbonyl (C=O) groups is 1. The van der Waals surface area contributed by atoms with Crippen LogP contribution in [0.25, 0.3) is 0 Å². The van der Waals surface area contributed by atoms with Crippen LogP contribution in [0.3, 0.4) is 0 Å². The highest BCUT2D eigenvalue weighted by molar-refractivity contribution is 9.10. The number of nitrogens with two attached hydrogens (primary N) is 1. The van der Waals surface area contributed by atoms with Crippen LogP contribution in [0.4, 0.5) is 5.69 Å². The Hall–Kier alpha value is -1.56. The fourth-order valence-electron chi connectivity index (χ4n) is 1.69. The van der Waals surface area contributed by atoms with Gasteiger partial charge in [-0.25, -0.2) is 0 Å². The highest BCUT2D eigenvalue weighted by Gasteiger charge is 2.07. The summed E-state index contributed by atoms with van der Waals surface area (Å²) in [5.41, 5.74) is 7.17. The lowest BCUT2D eigenvalue weighted by molar-refractivity contribution is -0.118. The van der Waals surface area contributed by atoms with Crippen LogP contribution in [0.5, 0.6) is 5.75 Å². The van der Waals surface area contributed by atoms with Crippen molar-refractivity contribution < 1.29 is 9.53 Å². The summed E-state index contributed by atoms with van der Waals surface area (Å²) in [6, 6.07) is 12.4. The molecule has 2 aromatic carbocycles. The zero-order chi connectivity index (χ0) is 15.2. The van der Waals surface area contributed by atoms with E-state index in [4.69, 9.17) is 22.1 Å². The third-order valence-electron chi connectivity index (χ3n) is 2.70. The summed E-state index contributed by atoms with van der Waals surface area (Å²) >= 11 is 9.24. The normalized spacial score (nSPS) is 10.2. The monoisotopic (exact) mass is 368 g/mol. The number of nitrogens with one attached hydrogen (secondary N) is 1. The van der Waals surface area contributed by atoms with Crippen LogP contribution in [-0.4, -0.2) is 12.5 Å². The molecule has 2 aromatic rings. The number of halogens is 2. The maximum absolute atomic E-state index is 11.8. The van der Waals surface area contributed by atoms with Gasteiger partial charge in [0.05, 0.1) is 4.47 Å². The first-order chi connectivity index (χ1) is 10.1. The predicted molar refractivity (Wildman–Crippen MR) is 87.6 cm³/mol. The molecule has 0 atom stereocenters. The van der Waals surface area contributed by atoms with Gasteiger partial charge in [-0.1, -0.05) is 23.7 Å². The summed E-state index contributed by atoms with van der Waals surface area (Å²) < 4.78 is 6.23. The van der Waals surface area contributed by atoms with Crippen molar-refractivity contribution in [3.8, 4) is 5.75 Å². The van der Waals surface area contributed by atoms with Gasteiger partial charge in [-0.2, -0.15) is 0 Å². The van der Waals surface area contributed by atoms with Crippen molar-refractivity contribution >= 4 is 39.1 Å². The molecular formula is C15H14BrClN2O2. The molecule has 0 aromatic heterocycles. The Morgan fingerprint density at radius 2 is 2.10 bits per heavy atom. The molecule has 0 bridgehead atoms. The van der Waals surface area contributed by atoms with Crippen LogP contribution >= 0.6 is 27.5 Å². The van der Waals surface area contributed by atoms with Gasteiger partial charge in [0, 0.05) is 17.3 Å². The molecule has 0 heterocycles. The lowest BCUT2D eigenvalue weighted by Crippen LogP contribution is -2.20. The molecule has 0 aliphatic carbocycles. The lowest BCUT2D eigenvalue weighted by atomic mass is 10.2. The third kappa shape index (κ3) is 4.74. The first-order valence-corrected chi connectivity index (χ1v) is 7.42. The van der Waals surface area contributed by atoms with Crippen LogP contribution in [0.2, 0.25) is 5.02 Å². The SMILES string of the molecule is NCc1ccc(OCC(=O)Nc2cccc(Cl)c2)c(Br)c1. The van der Waals surface area contributed by atoms with Crippen LogP contribution in [0, 0.1) is 0 Å². The maximum atomic E-state index is 11.8. The van der Waals surface area contributed by atoms with Crippen LogP contribution in [0.1, 0.15) is 5.56 Å². The quantitative estimate of drug-likeness (QED) is 0.846. The molecule has 0 aliphatic rings. The zero-order valence-electron chi connectivity index (χ0n) is 11.1. The van der Waals surface area contributed by atoms with Crippen LogP contribution < -0.4 is 15.8 Å². The molecule has 21 heavy (non-hydrogen) atoms. The van der Waals surface area contributed by atoms with Crippen molar-refractivity contribution in [3.63, 3.8) is 0 Å². The fourth-order valence-corrected chi connectivity index (χ4v) is 2.43. The predicted octanol–water partition coefficient (Wildman–Crippen LogP) is 3.58. The number of hydrogen-bond donors (Lipinski definition) is 2. The van der Waals surface area contributed by atoms with Crippen LogP contribution in [0.15, 0.2) is 46.9 Å². The number of hydrogen-bond acceptors (Lipinski definition) is 3. The standard InChI is InChI=1S/C15H14BrClN2O2/c16-13-6-10(8-18)4-5-14(13)21-9-15(20)19-12-3-1-2-11(17)7-12/h1-7H,8-9,18H2,(H,19,20). The first kappa shape index (κ1) is 15.8. The Bertz CT molecular complexity index is 649. The smallest absolute Gasteiger partial charge is 0.262 e. The molecule has 110 valence electrons. The van der Waals surface area contributed by atoms with E-state index in [0.717, 1.165) is 10.0 Å². The van der Waals surface area contributed by atoms with Gasteiger partial charge < -0.3 is 15.8 Å². The molecule has 0 radical (unpaired) electrons. The Morgan fingerprint density at radius 1 is 1.29 bits per heavy atom. The van der Waals surface area contributed by atoms with Gasteiger partial charge in [-0.05, 0) is 51.8 Å². The molecule has 0 unspecified atom stereocenters. The average molecular weight is 370 g/mol. The molecule has 3 N–H and O–H groups in total. The highest BCUT2D eigenvalue weighted by Crippen LogP contribution is 2.26. The van der Waals surface area contributed by atoms with E-state index < -0.39 is 0 Å². The highest BCUT2D eigenvalue weighted by atomic mass is 79.9. The summed E-state index contributed by atoms with van der Waals surface area (Å²) in [5.74, 6) is 0.334. The second-order valence-electron chi connectivity index (χ2n) is 4.32. The fraction of sp³-hybridized carbons (Fsp3) is 0.133. The second kappa shape index (κ2) is 7.45. The van der Waals surface area contributed by atoms with E-state index in [1.807, 2.05) is 12.1 Å². The van der Waals surface area contributed by atoms with Gasteiger partial charge in [-0.3, -0.25) is 4.79 Å². The third-order valence-corrected chi connectivity index (χ3v) is 3.55. The average Bonchev–Trinajstić information content (AvgIpc) is 2.46. The van der Waals surface area contributed by atoms with Gasteiger partial charge in [0.25, 0.3) is 5.91 Å².